The quantitative estimate of drug-likeness (QED) is 0.407. The molecule has 204 valence electrons. The molecule has 2 aliphatic heterocycles. The standard InChI is InChI=1S/C33H39N3O3/c37-31-30(26-39-25-29-15-8-3-9-16-29)34-32(38)33(36(31)22-18-28-13-6-2-7-14-28)19-23-35(24-20-33)21-10-17-27-11-4-1-5-12-27/h1-9,11-16,30H,10,17-26H2,(H,34,38). The molecule has 1 spiro atoms. The maximum Gasteiger partial charge on any atom is 0.248 e. The molecule has 0 aromatic heterocycles. The second kappa shape index (κ2) is 13.0. The molecule has 3 aromatic carbocycles. The van der Waals surface area contributed by atoms with Gasteiger partial charge in [-0.15, -0.1) is 0 Å². The summed E-state index contributed by atoms with van der Waals surface area (Å²) in [5.41, 5.74) is 2.78. The predicted molar refractivity (Wildman–Crippen MR) is 153 cm³/mol. The highest BCUT2D eigenvalue weighted by Crippen LogP contribution is 2.33. The Morgan fingerprint density at radius 1 is 0.744 bits per heavy atom. The first-order valence-corrected chi connectivity index (χ1v) is 14.2. The van der Waals surface area contributed by atoms with Crippen LogP contribution in [0.15, 0.2) is 91.0 Å². The molecule has 3 aromatic rings. The Morgan fingerprint density at radius 2 is 1.31 bits per heavy atom. The summed E-state index contributed by atoms with van der Waals surface area (Å²) >= 11 is 0. The molecule has 1 N–H and O–H groups in total. The number of nitrogens with zero attached hydrogens (tertiary/aromatic N) is 2. The first kappa shape index (κ1) is 27.1. The molecule has 6 nitrogen and oxygen atoms in total. The van der Waals surface area contributed by atoms with Crippen molar-refractivity contribution < 1.29 is 14.3 Å². The number of nitrogens with one attached hydrogen (secondary N) is 1. The summed E-state index contributed by atoms with van der Waals surface area (Å²) in [4.78, 5) is 31.9. The van der Waals surface area contributed by atoms with Crippen molar-refractivity contribution >= 4 is 11.8 Å². The van der Waals surface area contributed by atoms with Crippen LogP contribution in [0.3, 0.4) is 0 Å². The highest BCUT2D eigenvalue weighted by Gasteiger charge is 2.53. The van der Waals surface area contributed by atoms with Crippen LogP contribution in [0.5, 0.6) is 0 Å². The number of likely N-dealkylation sites (tertiary alicyclic amines) is 1. The fraction of sp³-hybridized carbons (Fsp3) is 0.394. The van der Waals surface area contributed by atoms with Crippen molar-refractivity contribution in [1.29, 1.82) is 0 Å². The average molecular weight is 526 g/mol. The van der Waals surface area contributed by atoms with Gasteiger partial charge in [0, 0.05) is 19.6 Å². The van der Waals surface area contributed by atoms with Crippen molar-refractivity contribution in [3.05, 3.63) is 108 Å². The molecule has 2 saturated heterocycles. The van der Waals surface area contributed by atoms with Crippen LogP contribution >= 0.6 is 0 Å². The molecule has 0 aliphatic carbocycles. The second-order valence-corrected chi connectivity index (χ2v) is 10.7. The Kier molecular flexibility index (Phi) is 9.07. The number of piperidine rings is 1. The zero-order chi connectivity index (χ0) is 26.9. The lowest BCUT2D eigenvalue weighted by atomic mass is 9.81. The third-order valence-electron chi connectivity index (χ3n) is 8.14. The number of carbonyl (C=O) groups excluding carboxylic acids is 2. The number of piperazine rings is 1. The van der Waals surface area contributed by atoms with Crippen LogP contribution in [0, 0.1) is 0 Å². The number of carbonyl (C=O) groups is 2. The summed E-state index contributed by atoms with van der Waals surface area (Å²) in [6.07, 6.45) is 4.17. The number of aryl methyl sites for hydroxylation is 1. The van der Waals surface area contributed by atoms with Crippen LogP contribution < -0.4 is 5.32 Å². The van der Waals surface area contributed by atoms with E-state index in [1.807, 2.05) is 59.5 Å². The average Bonchev–Trinajstić information content (AvgIpc) is 2.98. The van der Waals surface area contributed by atoms with Crippen molar-refractivity contribution in [3.8, 4) is 0 Å². The van der Waals surface area contributed by atoms with Gasteiger partial charge in [-0.1, -0.05) is 91.0 Å². The summed E-state index contributed by atoms with van der Waals surface area (Å²) in [6, 6.07) is 30.0. The van der Waals surface area contributed by atoms with Crippen molar-refractivity contribution in [3.63, 3.8) is 0 Å². The van der Waals surface area contributed by atoms with Gasteiger partial charge in [0.2, 0.25) is 11.8 Å². The molecule has 5 rings (SSSR count). The summed E-state index contributed by atoms with van der Waals surface area (Å²) in [6.45, 7) is 3.73. The number of hydrogen-bond donors (Lipinski definition) is 1. The Morgan fingerprint density at radius 3 is 1.92 bits per heavy atom. The van der Waals surface area contributed by atoms with E-state index in [2.05, 4.69) is 46.6 Å². The lowest BCUT2D eigenvalue weighted by molar-refractivity contribution is -0.163. The highest BCUT2D eigenvalue weighted by atomic mass is 16.5. The predicted octanol–water partition coefficient (Wildman–Crippen LogP) is 4.24. The minimum Gasteiger partial charge on any atom is -0.374 e. The number of hydrogen-bond acceptors (Lipinski definition) is 4. The Hall–Kier alpha value is -3.48. The topological polar surface area (TPSA) is 61.9 Å². The molecular weight excluding hydrogens is 486 g/mol. The van der Waals surface area contributed by atoms with Crippen molar-refractivity contribution in [2.24, 2.45) is 0 Å². The number of benzene rings is 3. The minimum atomic E-state index is -0.794. The smallest absolute Gasteiger partial charge is 0.248 e. The number of ether oxygens (including phenoxy) is 1. The van der Waals surface area contributed by atoms with Gasteiger partial charge in [0.25, 0.3) is 0 Å². The molecule has 0 radical (unpaired) electrons. The molecule has 1 unspecified atom stereocenters. The summed E-state index contributed by atoms with van der Waals surface area (Å²) in [7, 11) is 0. The van der Waals surface area contributed by atoms with Gasteiger partial charge in [-0.25, -0.2) is 0 Å². The van der Waals surface area contributed by atoms with Crippen LogP contribution in [-0.2, 0) is 33.8 Å². The van der Waals surface area contributed by atoms with Gasteiger partial charge in [-0.2, -0.15) is 0 Å². The SMILES string of the molecule is O=C1C(COCc2ccccc2)NC(=O)C2(CCN(CCCc3ccccc3)CC2)N1CCc1ccccc1. The third kappa shape index (κ3) is 6.75. The van der Waals surface area contributed by atoms with Gasteiger partial charge in [0.1, 0.15) is 11.6 Å². The molecule has 1 atom stereocenters. The number of amides is 2. The van der Waals surface area contributed by atoms with Crippen molar-refractivity contribution in [1.82, 2.24) is 15.1 Å². The monoisotopic (exact) mass is 525 g/mol. The van der Waals surface area contributed by atoms with Crippen molar-refractivity contribution in [2.75, 3.05) is 32.8 Å². The molecule has 2 fully saturated rings. The van der Waals surface area contributed by atoms with E-state index in [4.69, 9.17) is 4.74 Å². The molecule has 2 heterocycles. The van der Waals surface area contributed by atoms with Crippen LogP contribution in [0.4, 0.5) is 0 Å². The summed E-state index contributed by atoms with van der Waals surface area (Å²) in [5, 5.41) is 3.05. The maximum atomic E-state index is 13.8. The first-order chi connectivity index (χ1) is 19.1. The van der Waals surface area contributed by atoms with Gasteiger partial charge in [-0.3, -0.25) is 9.59 Å². The Labute approximate surface area is 232 Å². The molecule has 6 heteroatoms. The number of rotatable bonds is 11. The minimum absolute atomic E-state index is 0.0314. The highest BCUT2D eigenvalue weighted by molar-refractivity contribution is 6.00. The fourth-order valence-electron chi connectivity index (χ4n) is 5.86. The van der Waals surface area contributed by atoms with E-state index in [0.717, 1.165) is 44.5 Å². The zero-order valence-electron chi connectivity index (χ0n) is 22.6. The third-order valence-corrected chi connectivity index (χ3v) is 8.14. The lowest BCUT2D eigenvalue weighted by Crippen LogP contribution is -2.73. The molecule has 0 saturated carbocycles. The zero-order valence-corrected chi connectivity index (χ0v) is 22.6. The molecule has 39 heavy (non-hydrogen) atoms. The van der Waals surface area contributed by atoms with Crippen LogP contribution in [0.25, 0.3) is 0 Å². The van der Waals surface area contributed by atoms with Gasteiger partial charge in [0.05, 0.1) is 13.2 Å². The van der Waals surface area contributed by atoms with Crippen LogP contribution in [-0.4, -0.2) is 66.0 Å². The largest absolute Gasteiger partial charge is 0.374 e. The van der Waals surface area contributed by atoms with E-state index in [0.29, 0.717) is 26.0 Å². The normalized spacial score (nSPS) is 19.3. The van der Waals surface area contributed by atoms with Gasteiger partial charge in [0.15, 0.2) is 0 Å². The molecule has 0 bridgehead atoms. The van der Waals surface area contributed by atoms with E-state index in [9.17, 15) is 9.59 Å². The lowest BCUT2D eigenvalue weighted by Gasteiger charge is -2.51. The second-order valence-electron chi connectivity index (χ2n) is 10.7. The summed E-state index contributed by atoms with van der Waals surface area (Å²) < 4.78 is 5.89. The fourth-order valence-corrected chi connectivity index (χ4v) is 5.86. The Balaban J connectivity index is 1.22. The molecular formula is C33H39N3O3. The van der Waals surface area contributed by atoms with Crippen LogP contribution in [0.1, 0.15) is 36.0 Å². The van der Waals surface area contributed by atoms with E-state index >= 15 is 0 Å². The van der Waals surface area contributed by atoms with Crippen molar-refractivity contribution in [2.45, 2.75) is 50.3 Å². The Bertz CT molecular complexity index is 1190. The van der Waals surface area contributed by atoms with E-state index in [-0.39, 0.29) is 18.4 Å². The maximum absolute atomic E-state index is 13.8. The van der Waals surface area contributed by atoms with E-state index in [1.54, 1.807) is 0 Å². The van der Waals surface area contributed by atoms with Gasteiger partial charge in [-0.05, 0) is 55.3 Å². The van der Waals surface area contributed by atoms with Gasteiger partial charge < -0.3 is 19.9 Å². The van der Waals surface area contributed by atoms with E-state index < -0.39 is 11.6 Å². The summed E-state index contributed by atoms with van der Waals surface area (Å²) in [5.74, 6) is -0.0662. The first-order valence-electron chi connectivity index (χ1n) is 14.2. The van der Waals surface area contributed by atoms with Gasteiger partial charge >= 0.3 is 0 Å². The van der Waals surface area contributed by atoms with Crippen LogP contribution in [0.2, 0.25) is 0 Å². The molecule has 2 amide bonds. The molecule has 2 aliphatic rings. The van der Waals surface area contributed by atoms with E-state index in [1.165, 1.54) is 11.1 Å².